The highest BCUT2D eigenvalue weighted by molar-refractivity contribution is 6.07. The topological polar surface area (TPSA) is 99.2 Å². The predicted octanol–water partition coefficient (Wildman–Crippen LogP) is 4.00. The molecule has 0 aliphatic carbocycles. The minimum atomic E-state index is -1.02. The molecule has 0 unspecified atom stereocenters. The molecule has 3 heterocycles. The van der Waals surface area contributed by atoms with Gasteiger partial charge in [0, 0.05) is 41.4 Å². The Labute approximate surface area is 203 Å². The van der Waals surface area contributed by atoms with Gasteiger partial charge in [-0.15, -0.1) is 0 Å². The Morgan fingerprint density at radius 2 is 1.83 bits per heavy atom. The second kappa shape index (κ2) is 9.53. The summed E-state index contributed by atoms with van der Waals surface area (Å²) in [6.45, 7) is 7.14. The van der Waals surface area contributed by atoms with Crippen LogP contribution >= 0.6 is 0 Å². The van der Waals surface area contributed by atoms with Gasteiger partial charge in [-0.2, -0.15) is 0 Å². The van der Waals surface area contributed by atoms with Gasteiger partial charge in [0.2, 0.25) is 5.43 Å². The third-order valence-electron chi connectivity index (χ3n) is 5.48. The molecule has 7 nitrogen and oxygen atoms in total. The van der Waals surface area contributed by atoms with Crippen LogP contribution in [0.15, 0.2) is 71.9 Å². The number of amides is 1. The third-order valence-corrected chi connectivity index (χ3v) is 5.48. The number of rotatable bonds is 4. The standard InChI is InChI=1S/C28H26N4O3/c1-18(2)32(27(34)23-17-31-26-22(25(23)33)9-6-14-29-26)21-8-5-7-19(15-21)10-11-20-12-13-24(30-16-20)28(3,4)35/h5-9,12-18,35H,1-4H3,(H,29,31,33). The van der Waals surface area contributed by atoms with Crippen LogP contribution in [0.4, 0.5) is 5.69 Å². The molecule has 0 spiro atoms. The van der Waals surface area contributed by atoms with E-state index in [-0.39, 0.29) is 17.0 Å². The van der Waals surface area contributed by atoms with E-state index in [1.165, 1.54) is 6.20 Å². The largest absolute Gasteiger partial charge is 0.384 e. The molecule has 1 amide bonds. The lowest BCUT2D eigenvalue weighted by Crippen LogP contribution is -2.39. The number of aliphatic hydroxyl groups is 1. The quantitative estimate of drug-likeness (QED) is 0.443. The fraction of sp³-hybridized carbons (Fsp3) is 0.214. The van der Waals surface area contributed by atoms with Crippen molar-refractivity contribution in [2.75, 3.05) is 4.90 Å². The van der Waals surface area contributed by atoms with E-state index < -0.39 is 11.5 Å². The van der Waals surface area contributed by atoms with Crippen molar-refractivity contribution in [1.29, 1.82) is 0 Å². The van der Waals surface area contributed by atoms with Crippen LogP contribution in [0.1, 0.15) is 54.9 Å². The maximum absolute atomic E-state index is 13.5. The molecular formula is C28H26N4O3. The van der Waals surface area contributed by atoms with Crippen molar-refractivity contribution in [2.45, 2.75) is 39.3 Å². The Bertz CT molecular complexity index is 1500. The van der Waals surface area contributed by atoms with Crippen molar-refractivity contribution >= 4 is 22.6 Å². The highest BCUT2D eigenvalue weighted by atomic mass is 16.3. The summed E-state index contributed by atoms with van der Waals surface area (Å²) in [6, 6.07) is 14.0. The zero-order valence-corrected chi connectivity index (χ0v) is 20.0. The number of H-pyrrole nitrogens is 1. The van der Waals surface area contributed by atoms with Crippen molar-refractivity contribution in [2.24, 2.45) is 0 Å². The summed E-state index contributed by atoms with van der Waals surface area (Å²) in [7, 11) is 0. The fourth-order valence-corrected chi connectivity index (χ4v) is 3.70. The Morgan fingerprint density at radius 1 is 1.06 bits per heavy atom. The minimum Gasteiger partial charge on any atom is -0.384 e. The molecular weight excluding hydrogens is 440 g/mol. The van der Waals surface area contributed by atoms with Crippen LogP contribution in [0, 0.1) is 11.8 Å². The molecule has 4 aromatic rings. The molecule has 0 bridgehead atoms. The Hall–Kier alpha value is -4.28. The van der Waals surface area contributed by atoms with E-state index in [1.54, 1.807) is 49.3 Å². The molecule has 0 saturated carbocycles. The average Bonchev–Trinajstić information content (AvgIpc) is 2.83. The van der Waals surface area contributed by atoms with Gasteiger partial charge in [-0.05, 0) is 70.2 Å². The number of nitrogens with zero attached hydrogens (tertiary/aromatic N) is 3. The second-order valence-corrected chi connectivity index (χ2v) is 8.99. The Morgan fingerprint density at radius 3 is 2.51 bits per heavy atom. The smallest absolute Gasteiger partial charge is 0.263 e. The van der Waals surface area contributed by atoms with Gasteiger partial charge in [-0.25, -0.2) is 4.98 Å². The number of fused-ring (bicyclic) bond motifs is 1. The first-order valence-corrected chi connectivity index (χ1v) is 11.3. The van der Waals surface area contributed by atoms with E-state index in [1.807, 2.05) is 44.2 Å². The number of nitrogens with one attached hydrogen (secondary N) is 1. The van der Waals surface area contributed by atoms with Crippen molar-refractivity contribution in [3.05, 3.63) is 99.7 Å². The van der Waals surface area contributed by atoms with Crippen LogP contribution in [0.2, 0.25) is 0 Å². The zero-order chi connectivity index (χ0) is 25.2. The molecule has 1 aromatic carbocycles. The summed E-state index contributed by atoms with van der Waals surface area (Å²) in [5, 5.41) is 10.4. The van der Waals surface area contributed by atoms with Gasteiger partial charge in [0.05, 0.1) is 11.1 Å². The van der Waals surface area contributed by atoms with Crippen LogP contribution < -0.4 is 10.3 Å². The van der Waals surface area contributed by atoms with Crippen molar-refractivity contribution in [3.63, 3.8) is 0 Å². The molecule has 35 heavy (non-hydrogen) atoms. The summed E-state index contributed by atoms with van der Waals surface area (Å²) in [4.78, 5) is 39.4. The fourth-order valence-electron chi connectivity index (χ4n) is 3.70. The van der Waals surface area contributed by atoms with Gasteiger partial charge in [0.25, 0.3) is 5.91 Å². The maximum Gasteiger partial charge on any atom is 0.263 e. The number of carbonyl (C=O) groups excluding carboxylic acids is 1. The average molecular weight is 467 g/mol. The van der Waals surface area contributed by atoms with Crippen LogP contribution in [-0.2, 0) is 5.60 Å². The summed E-state index contributed by atoms with van der Waals surface area (Å²) in [5.74, 6) is 5.77. The molecule has 4 rings (SSSR count). The Balaban J connectivity index is 1.65. The van der Waals surface area contributed by atoms with Gasteiger partial charge in [-0.3, -0.25) is 14.6 Å². The maximum atomic E-state index is 13.5. The number of aromatic nitrogens is 3. The van der Waals surface area contributed by atoms with Crippen LogP contribution in [0.25, 0.3) is 11.0 Å². The van der Waals surface area contributed by atoms with E-state index in [0.717, 1.165) is 0 Å². The summed E-state index contributed by atoms with van der Waals surface area (Å²) < 4.78 is 0. The van der Waals surface area contributed by atoms with Gasteiger partial charge in [0.1, 0.15) is 16.8 Å². The highest BCUT2D eigenvalue weighted by Crippen LogP contribution is 2.21. The van der Waals surface area contributed by atoms with Crippen LogP contribution in [0.3, 0.4) is 0 Å². The van der Waals surface area contributed by atoms with Gasteiger partial charge in [-0.1, -0.05) is 17.9 Å². The molecule has 0 fully saturated rings. The lowest BCUT2D eigenvalue weighted by Gasteiger charge is -2.27. The number of pyridine rings is 3. The van der Waals surface area contributed by atoms with E-state index in [2.05, 4.69) is 26.8 Å². The monoisotopic (exact) mass is 466 g/mol. The number of anilines is 1. The molecule has 0 saturated heterocycles. The minimum absolute atomic E-state index is 0.0497. The molecule has 2 N–H and O–H groups in total. The van der Waals surface area contributed by atoms with E-state index in [9.17, 15) is 14.7 Å². The van der Waals surface area contributed by atoms with Crippen molar-refractivity contribution in [3.8, 4) is 11.8 Å². The number of benzene rings is 1. The van der Waals surface area contributed by atoms with Gasteiger partial charge < -0.3 is 15.0 Å². The SMILES string of the molecule is CC(C)N(C(=O)c1c[nH]c2ncccc2c1=O)c1cccc(C#Cc2ccc(C(C)(C)O)nc2)c1. The highest BCUT2D eigenvalue weighted by Gasteiger charge is 2.24. The lowest BCUT2D eigenvalue weighted by atomic mass is 10.0. The van der Waals surface area contributed by atoms with Crippen LogP contribution in [-0.4, -0.2) is 32.0 Å². The number of hydrogen-bond donors (Lipinski definition) is 2. The van der Waals surface area contributed by atoms with E-state index >= 15 is 0 Å². The summed E-state index contributed by atoms with van der Waals surface area (Å²) in [6.07, 6.45) is 4.63. The first kappa shape index (κ1) is 23.9. The molecule has 7 heteroatoms. The predicted molar refractivity (Wildman–Crippen MR) is 136 cm³/mol. The van der Waals surface area contributed by atoms with Gasteiger partial charge >= 0.3 is 0 Å². The van der Waals surface area contributed by atoms with Crippen molar-refractivity contribution in [1.82, 2.24) is 15.0 Å². The molecule has 0 radical (unpaired) electrons. The number of aromatic amines is 1. The number of hydrogen-bond acceptors (Lipinski definition) is 5. The number of carbonyl (C=O) groups is 1. The molecule has 176 valence electrons. The van der Waals surface area contributed by atoms with E-state index in [4.69, 9.17) is 0 Å². The van der Waals surface area contributed by atoms with Gasteiger partial charge in [0.15, 0.2) is 0 Å². The van der Waals surface area contributed by atoms with Crippen LogP contribution in [0.5, 0.6) is 0 Å². The molecule has 3 aromatic heterocycles. The van der Waals surface area contributed by atoms with Crippen molar-refractivity contribution < 1.29 is 9.90 Å². The first-order chi connectivity index (χ1) is 16.6. The molecule has 0 aliphatic heterocycles. The first-order valence-electron chi connectivity index (χ1n) is 11.3. The van der Waals surface area contributed by atoms with E-state index in [0.29, 0.717) is 33.5 Å². The summed E-state index contributed by atoms with van der Waals surface area (Å²) in [5.41, 5.74) is 1.73. The third kappa shape index (κ3) is 5.13. The molecule has 0 atom stereocenters. The lowest BCUT2D eigenvalue weighted by molar-refractivity contribution is 0.0738. The summed E-state index contributed by atoms with van der Waals surface area (Å²) >= 11 is 0. The Kier molecular flexibility index (Phi) is 6.50. The second-order valence-electron chi connectivity index (χ2n) is 8.99. The zero-order valence-electron chi connectivity index (χ0n) is 20.0. The molecule has 0 aliphatic rings. The normalized spacial score (nSPS) is 11.3.